The van der Waals surface area contributed by atoms with Crippen molar-refractivity contribution in [3.05, 3.63) is 35.9 Å². The molecule has 1 rings (SSSR count). The fourth-order valence-electron chi connectivity index (χ4n) is 2.47. The molecule has 0 saturated carbocycles. The van der Waals surface area contributed by atoms with Gasteiger partial charge in [0, 0.05) is 19.8 Å². The van der Waals surface area contributed by atoms with Gasteiger partial charge in [0.25, 0.3) is 0 Å². The summed E-state index contributed by atoms with van der Waals surface area (Å²) in [5.41, 5.74) is 0.946. The molecule has 0 aliphatic carbocycles. The van der Waals surface area contributed by atoms with Crippen LogP contribution in [0.2, 0.25) is 0 Å². The van der Waals surface area contributed by atoms with Crippen LogP contribution in [0.25, 0.3) is 6.08 Å². The molecule has 0 amide bonds. The summed E-state index contributed by atoms with van der Waals surface area (Å²) < 4.78 is 5.11. The normalized spacial score (nSPS) is 11.5. The Morgan fingerprint density at radius 1 is 1.09 bits per heavy atom. The van der Waals surface area contributed by atoms with E-state index in [0.29, 0.717) is 12.8 Å². The van der Waals surface area contributed by atoms with Gasteiger partial charge in [0.15, 0.2) is 5.78 Å². The van der Waals surface area contributed by atoms with E-state index in [9.17, 15) is 9.59 Å². The van der Waals surface area contributed by atoms with E-state index in [-0.39, 0.29) is 12.4 Å². The zero-order valence-corrected chi connectivity index (χ0v) is 14.8. The van der Waals surface area contributed by atoms with E-state index >= 15 is 0 Å². The summed E-state index contributed by atoms with van der Waals surface area (Å²) in [6, 6.07) is 7.87. The molecule has 0 spiro atoms. The molecule has 0 radical (unpaired) electrons. The van der Waals surface area contributed by atoms with Gasteiger partial charge in [-0.3, -0.25) is 9.59 Å². The minimum atomic E-state index is -1.07. The van der Waals surface area contributed by atoms with Gasteiger partial charge in [0.1, 0.15) is 5.41 Å². The number of carbonyl (C=O) groups excluding carboxylic acids is 2. The molecule has 1 aromatic rings. The number of carbonyl (C=O) groups is 2. The first-order valence-electron chi connectivity index (χ1n) is 8.08. The highest BCUT2D eigenvalue weighted by molar-refractivity contribution is 6.10. The second-order valence-electron chi connectivity index (χ2n) is 5.69. The topological polar surface area (TPSA) is 46.6 Å². The number of rotatable bonds is 8. The summed E-state index contributed by atoms with van der Waals surface area (Å²) in [6.07, 6.45) is 4.12. The third-order valence-electron chi connectivity index (χ3n) is 4.18. The van der Waals surface area contributed by atoms with Crippen molar-refractivity contribution in [2.24, 2.45) is 5.41 Å². The van der Waals surface area contributed by atoms with Crippen LogP contribution in [-0.4, -0.2) is 32.5 Å². The third kappa shape index (κ3) is 4.44. The summed E-state index contributed by atoms with van der Waals surface area (Å²) in [5.74, 6) is -0.625. The average Bonchev–Trinajstić information content (AvgIpc) is 2.55. The van der Waals surface area contributed by atoms with E-state index in [1.807, 2.05) is 57.1 Å². The molecule has 0 fully saturated rings. The number of ether oxygens (including phenoxy) is 1. The monoisotopic (exact) mass is 317 g/mol. The molecule has 0 N–H and O–H groups in total. The van der Waals surface area contributed by atoms with Crippen molar-refractivity contribution in [2.75, 3.05) is 25.6 Å². The molecule has 0 unspecified atom stereocenters. The van der Waals surface area contributed by atoms with Crippen LogP contribution < -0.4 is 4.90 Å². The van der Waals surface area contributed by atoms with Crippen LogP contribution in [0.3, 0.4) is 0 Å². The summed E-state index contributed by atoms with van der Waals surface area (Å²) in [7, 11) is 3.95. The fourth-order valence-corrected chi connectivity index (χ4v) is 2.47. The zero-order chi connectivity index (χ0) is 17.5. The second kappa shape index (κ2) is 8.51. The van der Waals surface area contributed by atoms with Crippen molar-refractivity contribution in [1.29, 1.82) is 0 Å². The van der Waals surface area contributed by atoms with Crippen molar-refractivity contribution in [3.8, 4) is 0 Å². The Bertz CT molecular complexity index is 554. The summed E-state index contributed by atoms with van der Waals surface area (Å²) >= 11 is 0. The lowest BCUT2D eigenvalue weighted by molar-refractivity contribution is -0.159. The molecule has 1 aromatic carbocycles. The molecular formula is C19H27NO3. The lowest BCUT2D eigenvalue weighted by atomic mass is 9.78. The van der Waals surface area contributed by atoms with Crippen LogP contribution in [0.1, 0.15) is 39.2 Å². The Kier molecular flexibility index (Phi) is 7.01. The Balaban J connectivity index is 2.95. The van der Waals surface area contributed by atoms with Gasteiger partial charge in [0.05, 0.1) is 6.61 Å². The molecular weight excluding hydrogens is 290 g/mol. The Morgan fingerprint density at radius 2 is 1.65 bits per heavy atom. The Morgan fingerprint density at radius 3 is 2.09 bits per heavy atom. The minimum absolute atomic E-state index is 0.197. The van der Waals surface area contributed by atoms with Crippen LogP contribution in [0.4, 0.5) is 5.69 Å². The number of hydrogen-bond donors (Lipinski definition) is 0. The number of anilines is 1. The summed E-state index contributed by atoms with van der Waals surface area (Å²) in [6.45, 7) is 5.72. The quantitative estimate of drug-likeness (QED) is 0.417. The highest BCUT2D eigenvalue weighted by Crippen LogP contribution is 2.30. The third-order valence-corrected chi connectivity index (χ3v) is 4.18. The van der Waals surface area contributed by atoms with Crippen molar-refractivity contribution < 1.29 is 14.3 Å². The predicted octanol–water partition coefficient (Wildman–Crippen LogP) is 3.70. The van der Waals surface area contributed by atoms with Gasteiger partial charge in [-0.05, 0) is 43.5 Å². The smallest absolute Gasteiger partial charge is 0.319 e. The van der Waals surface area contributed by atoms with Gasteiger partial charge in [0.2, 0.25) is 0 Å². The number of nitrogens with zero attached hydrogens (tertiary/aromatic N) is 1. The van der Waals surface area contributed by atoms with Crippen LogP contribution in [0.5, 0.6) is 0 Å². The van der Waals surface area contributed by atoms with Gasteiger partial charge in [-0.25, -0.2) is 0 Å². The molecule has 0 saturated heterocycles. The van der Waals surface area contributed by atoms with E-state index in [0.717, 1.165) is 11.3 Å². The van der Waals surface area contributed by atoms with E-state index in [1.165, 1.54) is 6.08 Å². The van der Waals surface area contributed by atoms with E-state index in [1.54, 1.807) is 13.0 Å². The van der Waals surface area contributed by atoms with Crippen LogP contribution in [-0.2, 0) is 14.3 Å². The first-order valence-corrected chi connectivity index (χ1v) is 8.08. The maximum Gasteiger partial charge on any atom is 0.319 e. The zero-order valence-electron chi connectivity index (χ0n) is 14.8. The molecule has 126 valence electrons. The maximum atomic E-state index is 12.6. The molecule has 0 heterocycles. The van der Waals surface area contributed by atoms with Crippen LogP contribution in [0, 0.1) is 5.41 Å². The lowest BCUT2D eigenvalue weighted by Crippen LogP contribution is -2.38. The number of benzene rings is 1. The highest BCUT2D eigenvalue weighted by Gasteiger charge is 2.42. The molecule has 0 aromatic heterocycles. The second-order valence-corrected chi connectivity index (χ2v) is 5.69. The molecule has 0 aliphatic heterocycles. The predicted molar refractivity (Wildman–Crippen MR) is 94.5 cm³/mol. The van der Waals surface area contributed by atoms with E-state index in [4.69, 9.17) is 4.74 Å². The molecule has 0 bridgehead atoms. The number of allylic oxidation sites excluding steroid dienone is 1. The van der Waals surface area contributed by atoms with Crippen LogP contribution >= 0.6 is 0 Å². The van der Waals surface area contributed by atoms with Crippen molar-refractivity contribution >= 4 is 23.5 Å². The van der Waals surface area contributed by atoms with Crippen LogP contribution in [0.15, 0.2) is 30.3 Å². The summed E-state index contributed by atoms with van der Waals surface area (Å²) in [5, 5.41) is 0. The molecule has 0 atom stereocenters. The molecule has 0 aliphatic rings. The number of ketones is 1. The summed E-state index contributed by atoms with van der Waals surface area (Å²) in [4.78, 5) is 26.8. The van der Waals surface area contributed by atoms with Gasteiger partial charge in [-0.2, -0.15) is 0 Å². The van der Waals surface area contributed by atoms with Gasteiger partial charge >= 0.3 is 5.97 Å². The molecule has 4 nitrogen and oxygen atoms in total. The fraction of sp³-hybridized carbons (Fsp3) is 0.474. The average molecular weight is 317 g/mol. The van der Waals surface area contributed by atoms with E-state index in [2.05, 4.69) is 0 Å². The lowest BCUT2D eigenvalue weighted by Gasteiger charge is -2.26. The van der Waals surface area contributed by atoms with Gasteiger partial charge < -0.3 is 9.64 Å². The Labute approximate surface area is 139 Å². The van der Waals surface area contributed by atoms with Crippen molar-refractivity contribution in [2.45, 2.75) is 33.6 Å². The van der Waals surface area contributed by atoms with Gasteiger partial charge in [-0.1, -0.05) is 32.1 Å². The molecule has 23 heavy (non-hydrogen) atoms. The maximum absolute atomic E-state index is 12.6. The first kappa shape index (κ1) is 18.9. The van der Waals surface area contributed by atoms with E-state index < -0.39 is 11.4 Å². The number of hydrogen-bond acceptors (Lipinski definition) is 4. The largest absolute Gasteiger partial charge is 0.465 e. The Hall–Kier alpha value is -2.10. The minimum Gasteiger partial charge on any atom is -0.465 e. The van der Waals surface area contributed by atoms with Gasteiger partial charge in [-0.15, -0.1) is 0 Å². The molecule has 4 heteroatoms. The SMILES string of the molecule is CCOC(=O)C(CC)(CC)C(=O)C=Cc1ccc(N(C)C)cc1. The highest BCUT2D eigenvalue weighted by atomic mass is 16.5. The van der Waals surface area contributed by atoms with Crippen molar-refractivity contribution in [3.63, 3.8) is 0 Å². The standard InChI is InChI=1S/C19H27NO3/c1-6-19(7-2,18(22)23-8-3)17(21)14-11-15-9-12-16(13-10-15)20(4)5/h9-14H,6-8H2,1-5H3. The number of esters is 1. The van der Waals surface area contributed by atoms with Crippen molar-refractivity contribution in [1.82, 2.24) is 0 Å². The first-order chi connectivity index (χ1) is 10.9.